The van der Waals surface area contributed by atoms with Crippen LogP contribution in [0.5, 0.6) is 0 Å². The fourth-order valence-electron chi connectivity index (χ4n) is 3.85. The number of halogens is 3. The number of anilines is 1. The number of aromatic nitrogens is 1. The minimum Gasteiger partial charge on any atom is -0.372 e. The van der Waals surface area contributed by atoms with E-state index in [0.29, 0.717) is 11.1 Å². The van der Waals surface area contributed by atoms with Crippen molar-refractivity contribution >= 4 is 45.6 Å². The van der Waals surface area contributed by atoms with Crippen LogP contribution < -0.4 is 10.9 Å². The third-order valence-electron chi connectivity index (χ3n) is 5.40. The van der Waals surface area contributed by atoms with Gasteiger partial charge in [-0.2, -0.15) is 0 Å². The summed E-state index contributed by atoms with van der Waals surface area (Å²) in [6.07, 6.45) is 2.91. The van der Waals surface area contributed by atoms with E-state index in [-0.39, 0.29) is 40.2 Å². The van der Waals surface area contributed by atoms with Crippen LogP contribution in [0.25, 0.3) is 10.8 Å². The van der Waals surface area contributed by atoms with Gasteiger partial charge in [0.15, 0.2) is 0 Å². The highest BCUT2D eigenvalue weighted by molar-refractivity contribution is 6.42. The van der Waals surface area contributed by atoms with Gasteiger partial charge in [0, 0.05) is 29.9 Å². The Morgan fingerprint density at radius 2 is 1.97 bits per heavy atom. The van der Waals surface area contributed by atoms with Crippen molar-refractivity contribution in [1.82, 2.24) is 9.47 Å². The Hall–Kier alpha value is -2.83. The standard InChI is InChI=1S/C22H18Cl2FN3O2/c1-3-18(29)28-11-22(12-28,19-17(25)7-6-16(23)20(19)24)26-14-5-4-13-8-9-27(2)21(30)15(13)10-14/h3-10,26H,1,11-12H2,2H3. The van der Waals surface area contributed by atoms with Gasteiger partial charge in [-0.05, 0) is 41.8 Å². The average Bonchev–Trinajstić information content (AvgIpc) is 2.71. The lowest BCUT2D eigenvalue weighted by Crippen LogP contribution is -2.65. The Morgan fingerprint density at radius 3 is 2.67 bits per heavy atom. The summed E-state index contributed by atoms with van der Waals surface area (Å²) in [5.41, 5.74) is -0.356. The average molecular weight is 446 g/mol. The highest BCUT2D eigenvalue weighted by atomic mass is 35.5. The highest BCUT2D eigenvalue weighted by Crippen LogP contribution is 2.43. The number of amides is 1. The van der Waals surface area contributed by atoms with Gasteiger partial charge in [0.05, 0.1) is 23.1 Å². The van der Waals surface area contributed by atoms with Gasteiger partial charge in [-0.25, -0.2) is 4.39 Å². The number of aryl methyl sites for hydroxylation is 1. The number of carbonyl (C=O) groups is 1. The molecule has 2 aromatic carbocycles. The van der Waals surface area contributed by atoms with E-state index in [1.165, 1.54) is 27.7 Å². The van der Waals surface area contributed by atoms with Gasteiger partial charge in [-0.1, -0.05) is 35.8 Å². The number of hydrogen-bond acceptors (Lipinski definition) is 3. The van der Waals surface area contributed by atoms with Crippen molar-refractivity contribution in [2.24, 2.45) is 7.05 Å². The predicted molar refractivity (Wildman–Crippen MR) is 118 cm³/mol. The van der Waals surface area contributed by atoms with Crippen LogP contribution in [0, 0.1) is 5.82 Å². The topological polar surface area (TPSA) is 54.3 Å². The van der Waals surface area contributed by atoms with Crippen LogP contribution >= 0.6 is 23.2 Å². The normalized spacial score (nSPS) is 15.0. The lowest BCUT2D eigenvalue weighted by atomic mass is 9.81. The summed E-state index contributed by atoms with van der Waals surface area (Å²) in [6.45, 7) is 3.83. The summed E-state index contributed by atoms with van der Waals surface area (Å²) in [5.74, 6) is -0.794. The van der Waals surface area contributed by atoms with Gasteiger partial charge >= 0.3 is 0 Å². The zero-order chi connectivity index (χ0) is 21.6. The molecule has 1 aromatic heterocycles. The fraction of sp³-hybridized carbons (Fsp3) is 0.182. The molecule has 0 saturated carbocycles. The van der Waals surface area contributed by atoms with Crippen molar-refractivity contribution in [3.63, 3.8) is 0 Å². The quantitative estimate of drug-likeness (QED) is 0.480. The van der Waals surface area contributed by atoms with E-state index >= 15 is 0 Å². The number of pyridine rings is 1. The first-order chi connectivity index (χ1) is 14.3. The number of likely N-dealkylation sites (tertiary alicyclic amines) is 1. The number of fused-ring (bicyclic) bond motifs is 1. The number of nitrogens with one attached hydrogen (secondary N) is 1. The maximum Gasteiger partial charge on any atom is 0.258 e. The zero-order valence-corrected chi connectivity index (χ0v) is 17.6. The first-order valence-electron chi connectivity index (χ1n) is 9.19. The van der Waals surface area contributed by atoms with Gasteiger partial charge in [0.2, 0.25) is 5.91 Å². The Morgan fingerprint density at radius 1 is 1.23 bits per heavy atom. The number of nitrogens with zero attached hydrogens (tertiary/aromatic N) is 2. The van der Waals surface area contributed by atoms with E-state index in [1.54, 1.807) is 25.4 Å². The Labute approximate surface area is 182 Å². The molecule has 3 aromatic rings. The molecule has 0 aliphatic carbocycles. The monoisotopic (exact) mass is 445 g/mol. The van der Waals surface area contributed by atoms with Crippen molar-refractivity contribution in [3.8, 4) is 0 Å². The van der Waals surface area contributed by atoms with Crippen molar-refractivity contribution in [3.05, 3.63) is 87.0 Å². The van der Waals surface area contributed by atoms with Crippen molar-refractivity contribution < 1.29 is 9.18 Å². The second kappa shape index (κ2) is 7.45. The summed E-state index contributed by atoms with van der Waals surface area (Å²) in [6, 6.07) is 9.82. The molecule has 154 valence electrons. The summed E-state index contributed by atoms with van der Waals surface area (Å²) >= 11 is 12.5. The minimum absolute atomic E-state index is 0.0894. The molecule has 1 aliphatic rings. The molecule has 8 heteroatoms. The largest absolute Gasteiger partial charge is 0.372 e. The van der Waals surface area contributed by atoms with E-state index < -0.39 is 11.4 Å². The molecule has 5 nitrogen and oxygen atoms in total. The molecule has 1 aliphatic heterocycles. The van der Waals surface area contributed by atoms with Crippen molar-refractivity contribution in [1.29, 1.82) is 0 Å². The molecule has 1 saturated heterocycles. The molecule has 1 fully saturated rings. The van der Waals surface area contributed by atoms with E-state index in [4.69, 9.17) is 23.2 Å². The molecule has 0 unspecified atom stereocenters. The minimum atomic E-state index is -1.00. The SMILES string of the molecule is C=CC(=O)N1CC(Nc2ccc3ccn(C)c(=O)c3c2)(c2c(F)ccc(Cl)c2Cl)C1. The van der Waals surface area contributed by atoms with Crippen LogP contribution in [0.4, 0.5) is 10.1 Å². The number of carbonyl (C=O) groups excluding carboxylic acids is 1. The lowest BCUT2D eigenvalue weighted by Gasteiger charge is -2.51. The van der Waals surface area contributed by atoms with E-state index in [9.17, 15) is 14.0 Å². The summed E-state index contributed by atoms with van der Waals surface area (Å²) in [5, 5.41) is 4.93. The first kappa shape index (κ1) is 20.4. The summed E-state index contributed by atoms with van der Waals surface area (Å²) in [7, 11) is 1.68. The molecule has 4 rings (SSSR count). The second-order valence-corrected chi connectivity index (χ2v) is 8.14. The van der Waals surface area contributed by atoms with Crippen LogP contribution in [-0.2, 0) is 17.4 Å². The Bertz CT molecular complexity index is 1250. The van der Waals surface area contributed by atoms with Crippen LogP contribution in [-0.4, -0.2) is 28.5 Å². The summed E-state index contributed by atoms with van der Waals surface area (Å²) in [4.78, 5) is 26.1. The number of rotatable bonds is 4. The molecule has 2 heterocycles. The van der Waals surface area contributed by atoms with Crippen LogP contribution in [0.15, 0.2) is 60.0 Å². The Balaban J connectivity index is 1.81. The Kier molecular flexibility index (Phi) is 5.08. The first-order valence-corrected chi connectivity index (χ1v) is 9.94. The van der Waals surface area contributed by atoms with Crippen molar-refractivity contribution in [2.45, 2.75) is 5.54 Å². The predicted octanol–water partition coefficient (Wildman–Crippen LogP) is 4.32. The molecule has 0 bridgehead atoms. The smallest absolute Gasteiger partial charge is 0.258 e. The van der Waals surface area contributed by atoms with Gasteiger partial charge in [-0.3, -0.25) is 9.59 Å². The third kappa shape index (κ3) is 3.26. The molecule has 30 heavy (non-hydrogen) atoms. The van der Waals surface area contributed by atoms with Crippen LogP contribution in [0.1, 0.15) is 5.56 Å². The molecule has 1 N–H and O–H groups in total. The maximum absolute atomic E-state index is 14.9. The maximum atomic E-state index is 14.9. The third-order valence-corrected chi connectivity index (χ3v) is 6.20. The lowest BCUT2D eigenvalue weighted by molar-refractivity contribution is -0.132. The van der Waals surface area contributed by atoms with Crippen LogP contribution in [0.2, 0.25) is 10.0 Å². The van der Waals surface area contributed by atoms with Gasteiger partial charge < -0.3 is 14.8 Å². The molecule has 1 amide bonds. The van der Waals surface area contributed by atoms with Gasteiger partial charge in [0.1, 0.15) is 11.4 Å². The highest BCUT2D eigenvalue weighted by Gasteiger charge is 2.49. The van der Waals surface area contributed by atoms with Gasteiger partial charge in [-0.15, -0.1) is 0 Å². The van der Waals surface area contributed by atoms with Crippen LogP contribution in [0.3, 0.4) is 0 Å². The molecular weight excluding hydrogens is 428 g/mol. The molecular formula is C22H18Cl2FN3O2. The van der Waals surface area contributed by atoms with Gasteiger partial charge in [0.25, 0.3) is 5.56 Å². The second-order valence-electron chi connectivity index (χ2n) is 7.36. The van der Waals surface area contributed by atoms with E-state index in [0.717, 1.165) is 5.39 Å². The van der Waals surface area contributed by atoms with E-state index in [1.807, 2.05) is 12.1 Å². The molecule has 0 spiro atoms. The van der Waals surface area contributed by atoms with Crippen molar-refractivity contribution in [2.75, 3.05) is 18.4 Å². The molecule has 0 atom stereocenters. The number of benzene rings is 2. The zero-order valence-electron chi connectivity index (χ0n) is 16.1. The van der Waals surface area contributed by atoms with E-state index in [2.05, 4.69) is 11.9 Å². The number of hydrogen-bond donors (Lipinski definition) is 1. The summed E-state index contributed by atoms with van der Waals surface area (Å²) < 4.78 is 16.4. The fourth-order valence-corrected chi connectivity index (χ4v) is 4.34. The molecule has 0 radical (unpaired) electrons.